The summed E-state index contributed by atoms with van der Waals surface area (Å²) >= 11 is 0. The van der Waals surface area contributed by atoms with Gasteiger partial charge in [0.25, 0.3) is 0 Å². The average molecular weight is 280 g/mol. The monoisotopic (exact) mass is 280 g/mol. The molecular weight excluding hydrogens is 256 g/mol. The van der Waals surface area contributed by atoms with Crippen LogP contribution in [0.1, 0.15) is 25.0 Å². The number of hydrogen-bond donors (Lipinski definition) is 1. The van der Waals surface area contributed by atoms with Crippen LogP contribution in [-0.2, 0) is 16.0 Å². The molecule has 1 N–H and O–H groups in total. The second-order valence-electron chi connectivity index (χ2n) is 4.95. The lowest BCUT2D eigenvalue weighted by Crippen LogP contribution is -2.16. The second-order valence-corrected chi connectivity index (χ2v) is 4.95. The molecule has 1 aliphatic rings. The van der Waals surface area contributed by atoms with Crippen LogP contribution in [0, 0.1) is 0 Å². The van der Waals surface area contributed by atoms with Crippen molar-refractivity contribution in [3.63, 3.8) is 0 Å². The molecule has 112 valence electrons. The van der Waals surface area contributed by atoms with E-state index in [0.717, 1.165) is 31.0 Å². The maximum absolute atomic E-state index is 5.57. The first kappa shape index (κ1) is 15.2. The highest BCUT2D eigenvalue weighted by atomic mass is 16.5. The number of nitrogens with zero attached hydrogens (tertiary/aromatic N) is 1. The number of nitrogens with one attached hydrogen (secondary N) is 1. The van der Waals surface area contributed by atoms with Gasteiger partial charge in [0, 0.05) is 32.9 Å². The third kappa shape index (κ3) is 6.32. The summed E-state index contributed by atoms with van der Waals surface area (Å²) < 4.78 is 15.9. The minimum Gasteiger partial charge on any atom is -0.490 e. The van der Waals surface area contributed by atoms with Crippen LogP contribution in [-0.4, -0.2) is 44.6 Å². The fourth-order valence-electron chi connectivity index (χ4n) is 1.76. The molecule has 2 rings (SSSR count). The highest BCUT2D eigenvalue weighted by molar-refractivity contribution is 5.19. The quantitative estimate of drug-likeness (QED) is 0.626. The van der Waals surface area contributed by atoms with Crippen LogP contribution >= 0.6 is 0 Å². The van der Waals surface area contributed by atoms with Gasteiger partial charge in [-0.3, -0.25) is 4.98 Å². The standard InChI is InChI=1S/C15H24N2O3/c1-18-7-2-8-19-9-10-20-15-6-5-14(17-12-15)11-16-13-3-4-13/h5-6,12-13,16H,2-4,7-11H2,1H3. The van der Waals surface area contributed by atoms with Gasteiger partial charge in [-0.05, 0) is 31.4 Å². The van der Waals surface area contributed by atoms with Crippen LogP contribution in [0.15, 0.2) is 18.3 Å². The molecule has 5 nitrogen and oxygen atoms in total. The van der Waals surface area contributed by atoms with Gasteiger partial charge in [-0.15, -0.1) is 0 Å². The molecule has 1 aromatic heterocycles. The van der Waals surface area contributed by atoms with E-state index in [0.29, 0.717) is 25.9 Å². The fraction of sp³-hybridized carbons (Fsp3) is 0.667. The molecule has 0 aliphatic heterocycles. The molecule has 1 saturated carbocycles. The van der Waals surface area contributed by atoms with Gasteiger partial charge in [0.15, 0.2) is 0 Å². The zero-order chi connectivity index (χ0) is 14.0. The fourth-order valence-corrected chi connectivity index (χ4v) is 1.76. The maximum atomic E-state index is 5.57. The summed E-state index contributed by atoms with van der Waals surface area (Å²) in [6.45, 7) is 3.43. The Balaban J connectivity index is 1.53. The average Bonchev–Trinajstić information content (AvgIpc) is 3.30. The highest BCUT2D eigenvalue weighted by Crippen LogP contribution is 2.19. The van der Waals surface area contributed by atoms with Gasteiger partial charge >= 0.3 is 0 Å². The number of pyridine rings is 1. The van der Waals surface area contributed by atoms with Gasteiger partial charge in [0.2, 0.25) is 0 Å². The van der Waals surface area contributed by atoms with Crippen LogP contribution in [0.5, 0.6) is 5.75 Å². The molecule has 0 radical (unpaired) electrons. The zero-order valence-electron chi connectivity index (χ0n) is 12.1. The first-order valence-electron chi connectivity index (χ1n) is 7.26. The largest absolute Gasteiger partial charge is 0.490 e. The Morgan fingerprint density at radius 3 is 2.80 bits per heavy atom. The van der Waals surface area contributed by atoms with Crippen molar-refractivity contribution in [1.82, 2.24) is 10.3 Å². The molecule has 1 heterocycles. The molecule has 0 unspecified atom stereocenters. The van der Waals surface area contributed by atoms with Crippen molar-refractivity contribution in [1.29, 1.82) is 0 Å². The van der Waals surface area contributed by atoms with E-state index < -0.39 is 0 Å². The molecule has 0 atom stereocenters. The Bertz CT molecular complexity index is 366. The molecular formula is C15H24N2O3. The molecule has 0 saturated heterocycles. The number of rotatable bonds is 11. The summed E-state index contributed by atoms with van der Waals surface area (Å²) in [5.41, 5.74) is 1.06. The van der Waals surface area contributed by atoms with Gasteiger partial charge in [0.1, 0.15) is 12.4 Å². The van der Waals surface area contributed by atoms with E-state index in [9.17, 15) is 0 Å². The van der Waals surface area contributed by atoms with Gasteiger partial charge in [-0.1, -0.05) is 0 Å². The number of methoxy groups -OCH3 is 1. The van der Waals surface area contributed by atoms with Crippen molar-refractivity contribution in [3.05, 3.63) is 24.0 Å². The van der Waals surface area contributed by atoms with Crippen molar-refractivity contribution in [3.8, 4) is 5.75 Å². The van der Waals surface area contributed by atoms with Crippen molar-refractivity contribution >= 4 is 0 Å². The minimum absolute atomic E-state index is 0.550. The van der Waals surface area contributed by atoms with Crippen LogP contribution in [0.4, 0.5) is 0 Å². The van der Waals surface area contributed by atoms with E-state index >= 15 is 0 Å². The molecule has 0 spiro atoms. The summed E-state index contributed by atoms with van der Waals surface area (Å²) in [4.78, 5) is 4.37. The lowest BCUT2D eigenvalue weighted by Gasteiger charge is -2.08. The molecule has 1 aromatic rings. The van der Waals surface area contributed by atoms with E-state index in [1.54, 1.807) is 13.3 Å². The Labute approximate surface area is 120 Å². The molecule has 20 heavy (non-hydrogen) atoms. The van der Waals surface area contributed by atoms with Gasteiger partial charge in [-0.2, -0.15) is 0 Å². The van der Waals surface area contributed by atoms with Gasteiger partial charge in [-0.25, -0.2) is 0 Å². The third-order valence-corrected chi connectivity index (χ3v) is 3.08. The second kappa shape index (κ2) is 8.89. The Hall–Kier alpha value is -1.17. The van der Waals surface area contributed by atoms with Gasteiger partial charge in [0.05, 0.1) is 18.5 Å². The van der Waals surface area contributed by atoms with E-state index in [2.05, 4.69) is 10.3 Å². The Morgan fingerprint density at radius 1 is 1.20 bits per heavy atom. The van der Waals surface area contributed by atoms with Crippen molar-refractivity contribution in [2.24, 2.45) is 0 Å². The van der Waals surface area contributed by atoms with Crippen molar-refractivity contribution < 1.29 is 14.2 Å². The van der Waals surface area contributed by atoms with E-state index in [1.807, 2.05) is 12.1 Å². The van der Waals surface area contributed by atoms with Crippen LogP contribution < -0.4 is 10.1 Å². The molecule has 0 amide bonds. The molecule has 1 fully saturated rings. The third-order valence-electron chi connectivity index (χ3n) is 3.08. The first-order valence-corrected chi connectivity index (χ1v) is 7.26. The lowest BCUT2D eigenvalue weighted by atomic mass is 10.3. The van der Waals surface area contributed by atoms with Crippen LogP contribution in [0.25, 0.3) is 0 Å². The SMILES string of the molecule is COCCCOCCOc1ccc(CNC2CC2)nc1. The summed E-state index contributed by atoms with van der Waals surface area (Å²) in [7, 11) is 1.69. The van der Waals surface area contributed by atoms with Crippen LogP contribution in [0.3, 0.4) is 0 Å². The predicted molar refractivity (Wildman–Crippen MR) is 76.9 cm³/mol. The minimum atomic E-state index is 0.550. The molecule has 1 aliphatic carbocycles. The highest BCUT2D eigenvalue weighted by Gasteiger charge is 2.19. The molecule has 0 bridgehead atoms. The van der Waals surface area contributed by atoms with Gasteiger partial charge < -0.3 is 19.5 Å². The predicted octanol–water partition coefficient (Wildman–Crippen LogP) is 1.77. The summed E-state index contributed by atoms with van der Waals surface area (Å²) in [6.07, 6.45) is 5.28. The van der Waals surface area contributed by atoms with E-state index in [1.165, 1.54) is 12.8 Å². The normalized spacial score (nSPS) is 14.4. The number of hydrogen-bond acceptors (Lipinski definition) is 5. The summed E-state index contributed by atoms with van der Waals surface area (Å²) in [5.74, 6) is 0.792. The Morgan fingerprint density at radius 2 is 2.10 bits per heavy atom. The zero-order valence-corrected chi connectivity index (χ0v) is 12.1. The topological polar surface area (TPSA) is 52.6 Å². The van der Waals surface area contributed by atoms with Crippen LogP contribution in [0.2, 0.25) is 0 Å². The maximum Gasteiger partial charge on any atom is 0.137 e. The van der Waals surface area contributed by atoms with E-state index in [4.69, 9.17) is 14.2 Å². The lowest BCUT2D eigenvalue weighted by molar-refractivity contribution is 0.0805. The van der Waals surface area contributed by atoms with Crippen molar-refractivity contribution in [2.75, 3.05) is 33.5 Å². The number of aromatic nitrogens is 1. The molecule has 0 aromatic carbocycles. The number of ether oxygens (including phenoxy) is 3. The first-order chi connectivity index (χ1) is 9.88. The van der Waals surface area contributed by atoms with Crippen molar-refractivity contribution in [2.45, 2.75) is 31.8 Å². The summed E-state index contributed by atoms with van der Waals surface area (Å²) in [5, 5.41) is 3.44. The smallest absolute Gasteiger partial charge is 0.137 e. The summed E-state index contributed by atoms with van der Waals surface area (Å²) in [6, 6.07) is 4.68. The molecule has 5 heteroatoms. The Kier molecular flexibility index (Phi) is 6.77. The van der Waals surface area contributed by atoms with E-state index in [-0.39, 0.29) is 0 Å².